The minimum atomic E-state index is -2.74. The van der Waals surface area contributed by atoms with E-state index in [4.69, 9.17) is 21.1 Å². The Morgan fingerprint density at radius 1 is 1.02 bits per heavy atom. The van der Waals surface area contributed by atoms with Crippen LogP contribution in [0.2, 0.25) is 5.15 Å². The molecule has 0 bridgehead atoms. The third-order valence-corrected chi connectivity index (χ3v) is 7.34. The van der Waals surface area contributed by atoms with Gasteiger partial charge in [-0.1, -0.05) is 22.9 Å². The summed E-state index contributed by atoms with van der Waals surface area (Å²) in [5.41, 5.74) is 2.32. The molecule has 0 spiro atoms. The van der Waals surface area contributed by atoms with Crippen LogP contribution in [0.25, 0.3) is 11.1 Å². The quantitative estimate of drug-likeness (QED) is 0.289. The molecular formula is C26H21ClF2N6O4S. The summed E-state index contributed by atoms with van der Waals surface area (Å²) in [5.74, 6) is -0.509. The molecule has 10 nitrogen and oxygen atoms in total. The van der Waals surface area contributed by atoms with Crippen molar-refractivity contribution in [3.05, 3.63) is 75.0 Å². The summed E-state index contributed by atoms with van der Waals surface area (Å²) in [6, 6.07) is 4.47. The van der Waals surface area contributed by atoms with Gasteiger partial charge in [-0.3, -0.25) is 19.9 Å². The molecule has 0 aliphatic carbocycles. The van der Waals surface area contributed by atoms with Crippen LogP contribution >= 0.6 is 22.9 Å². The summed E-state index contributed by atoms with van der Waals surface area (Å²) in [6.45, 7) is 2.18. The number of hydrogen-bond donors (Lipinski definition) is 1. The fraction of sp³-hybridized carbons (Fsp3) is 0.231. The van der Waals surface area contributed by atoms with Gasteiger partial charge >= 0.3 is 0 Å². The first-order chi connectivity index (χ1) is 19.2. The summed E-state index contributed by atoms with van der Waals surface area (Å²) >= 11 is 7.35. The van der Waals surface area contributed by atoms with Crippen molar-refractivity contribution in [1.82, 2.24) is 24.8 Å². The molecule has 206 valence electrons. The Morgan fingerprint density at radius 2 is 1.80 bits per heavy atom. The number of thiazole rings is 1. The number of amides is 2. The highest BCUT2D eigenvalue weighted by atomic mass is 35.5. The Kier molecular flexibility index (Phi) is 7.59. The normalized spacial score (nSPS) is 12.4. The molecule has 40 heavy (non-hydrogen) atoms. The Balaban J connectivity index is 1.34. The second kappa shape index (κ2) is 11.1. The lowest BCUT2D eigenvalue weighted by Crippen LogP contribution is -2.27. The van der Waals surface area contributed by atoms with Gasteiger partial charge in [-0.05, 0) is 25.1 Å². The maximum absolute atomic E-state index is 13.3. The van der Waals surface area contributed by atoms with Gasteiger partial charge in [0.15, 0.2) is 16.6 Å². The van der Waals surface area contributed by atoms with Crippen molar-refractivity contribution in [1.29, 1.82) is 0 Å². The molecule has 4 aromatic rings. The number of rotatable bonds is 7. The van der Waals surface area contributed by atoms with Crippen LogP contribution in [0.1, 0.15) is 49.1 Å². The van der Waals surface area contributed by atoms with Crippen LogP contribution in [0.15, 0.2) is 36.8 Å². The Morgan fingerprint density at radius 3 is 2.50 bits per heavy atom. The summed E-state index contributed by atoms with van der Waals surface area (Å²) < 4.78 is 36.6. The van der Waals surface area contributed by atoms with Gasteiger partial charge in [-0.2, -0.15) is 0 Å². The van der Waals surface area contributed by atoms with E-state index in [9.17, 15) is 18.4 Å². The van der Waals surface area contributed by atoms with Gasteiger partial charge in [0.05, 0.1) is 49.6 Å². The predicted octanol–water partition coefficient (Wildman–Crippen LogP) is 5.32. The second-order valence-electron chi connectivity index (χ2n) is 8.70. The molecule has 0 saturated heterocycles. The monoisotopic (exact) mass is 586 g/mol. The van der Waals surface area contributed by atoms with E-state index >= 15 is 0 Å². The van der Waals surface area contributed by atoms with Crippen molar-refractivity contribution >= 4 is 39.9 Å². The number of fused-ring (bicyclic) bond motifs is 1. The van der Waals surface area contributed by atoms with Gasteiger partial charge in [0.25, 0.3) is 18.2 Å². The molecule has 0 fully saturated rings. The van der Waals surface area contributed by atoms with E-state index in [0.717, 1.165) is 17.1 Å². The highest BCUT2D eigenvalue weighted by Crippen LogP contribution is 2.36. The van der Waals surface area contributed by atoms with Crippen LogP contribution in [0.5, 0.6) is 11.5 Å². The molecule has 5 rings (SSSR count). The van der Waals surface area contributed by atoms with E-state index < -0.39 is 18.2 Å². The Bertz CT molecular complexity index is 1610. The number of nitrogens with zero attached hydrogens (tertiary/aromatic N) is 5. The van der Waals surface area contributed by atoms with E-state index in [2.05, 4.69) is 25.3 Å². The van der Waals surface area contributed by atoms with Gasteiger partial charge in [0.2, 0.25) is 0 Å². The van der Waals surface area contributed by atoms with Crippen molar-refractivity contribution in [2.75, 3.05) is 19.5 Å². The molecule has 0 saturated carbocycles. The Labute approximate surface area is 236 Å². The van der Waals surface area contributed by atoms with E-state index in [-0.39, 0.29) is 40.8 Å². The maximum atomic E-state index is 13.3. The third kappa shape index (κ3) is 5.29. The number of methoxy groups -OCH3 is 2. The largest absolute Gasteiger partial charge is 0.494 e. The number of carbonyl (C=O) groups excluding carboxylic acids is 2. The number of halogens is 3. The maximum Gasteiger partial charge on any atom is 0.276 e. The molecule has 0 atom stereocenters. The molecule has 1 N–H and O–H groups in total. The smallest absolute Gasteiger partial charge is 0.276 e. The number of aryl methyl sites for hydroxylation is 1. The van der Waals surface area contributed by atoms with Gasteiger partial charge in [-0.15, -0.1) is 0 Å². The van der Waals surface area contributed by atoms with Crippen molar-refractivity contribution in [2.24, 2.45) is 0 Å². The summed E-state index contributed by atoms with van der Waals surface area (Å²) in [4.78, 5) is 45.4. The number of alkyl halides is 2. The molecule has 1 aliphatic rings. The van der Waals surface area contributed by atoms with E-state index in [1.54, 1.807) is 19.1 Å². The number of anilines is 1. The van der Waals surface area contributed by atoms with Crippen molar-refractivity contribution in [3.8, 4) is 22.6 Å². The zero-order valence-corrected chi connectivity index (χ0v) is 22.9. The first kappa shape index (κ1) is 27.3. The molecule has 0 radical (unpaired) electrons. The number of hydrogen-bond acceptors (Lipinski definition) is 9. The number of aromatic nitrogens is 4. The summed E-state index contributed by atoms with van der Waals surface area (Å²) in [7, 11) is 2.78. The zero-order valence-electron chi connectivity index (χ0n) is 21.4. The fourth-order valence-corrected chi connectivity index (χ4v) is 5.34. The van der Waals surface area contributed by atoms with Crippen LogP contribution in [-0.4, -0.2) is 50.9 Å². The van der Waals surface area contributed by atoms with Crippen LogP contribution in [0.4, 0.5) is 13.9 Å². The average molecular weight is 587 g/mol. The lowest BCUT2D eigenvalue weighted by molar-refractivity contribution is 0.0740. The highest BCUT2D eigenvalue weighted by molar-refractivity contribution is 7.16. The predicted molar refractivity (Wildman–Crippen MR) is 143 cm³/mol. The van der Waals surface area contributed by atoms with Crippen molar-refractivity contribution in [2.45, 2.75) is 26.4 Å². The van der Waals surface area contributed by atoms with Gasteiger partial charge in [0, 0.05) is 34.8 Å². The highest BCUT2D eigenvalue weighted by Gasteiger charge is 2.31. The number of carbonyl (C=O) groups is 2. The number of ether oxygens (including phenoxy) is 2. The molecule has 14 heteroatoms. The fourth-order valence-electron chi connectivity index (χ4n) is 4.20. The van der Waals surface area contributed by atoms with Crippen LogP contribution in [0, 0.1) is 6.92 Å². The molecular weight excluding hydrogens is 566 g/mol. The molecule has 0 aromatic carbocycles. The lowest BCUT2D eigenvalue weighted by Gasteiger charge is -2.17. The Hall–Kier alpha value is -4.23. The van der Waals surface area contributed by atoms with E-state index in [0.29, 0.717) is 33.4 Å². The number of pyridine rings is 3. The van der Waals surface area contributed by atoms with Crippen LogP contribution in [0.3, 0.4) is 0 Å². The topological polar surface area (TPSA) is 119 Å². The molecule has 0 unspecified atom stereocenters. The van der Waals surface area contributed by atoms with Crippen molar-refractivity contribution in [3.63, 3.8) is 0 Å². The lowest BCUT2D eigenvalue weighted by atomic mass is 10.0. The van der Waals surface area contributed by atoms with E-state index in [1.807, 2.05) is 0 Å². The first-order valence-corrected chi connectivity index (χ1v) is 13.0. The van der Waals surface area contributed by atoms with Gasteiger partial charge < -0.3 is 14.4 Å². The summed E-state index contributed by atoms with van der Waals surface area (Å²) in [5, 5.41) is 3.41. The molecule has 2 amide bonds. The minimum absolute atomic E-state index is 0.0337. The van der Waals surface area contributed by atoms with Crippen molar-refractivity contribution < 1.29 is 27.8 Å². The van der Waals surface area contributed by atoms with Crippen LogP contribution < -0.4 is 14.8 Å². The average Bonchev–Trinajstić information content (AvgIpc) is 3.51. The molecule has 5 heterocycles. The van der Waals surface area contributed by atoms with Crippen LogP contribution in [-0.2, 0) is 13.1 Å². The molecule has 4 aromatic heterocycles. The zero-order chi connectivity index (χ0) is 28.6. The van der Waals surface area contributed by atoms with Gasteiger partial charge in [0.1, 0.15) is 10.9 Å². The SMILES string of the molecule is COc1cnc(Cl)cc1-c1cc(C)ncc1C(=O)Nc1nc2c(s1)CN(C(=O)c1ncc(C(F)F)cc1OC)C2. The summed E-state index contributed by atoms with van der Waals surface area (Å²) in [6.07, 6.45) is 1.17. The first-order valence-electron chi connectivity index (χ1n) is 11.8. The standard InChI is InChI=1S/C26H21ClF2N6O4S/c1-12-4-14(15-6-21(27)31-9-19(15)39-3)16(8-30-12)24(36)34-26-33-17-10-35(11-20(17)40-26)25(37)22-18(38-2)5-13(7-32-22)23(28)29/h4-9,23H,10-11H2,1-3H3,(H,33,34,36). The minimum Gasteiger partial charge on any atom is -0.494 e. The number of nitrogens with one attached hydrogen (secondary N) is 1. The van der Waals surface area contributed by atoms with E-state index in [1.165, 1.54) is 42.8 Å². The third-order valence-electron chi connectivity index (χ3n) is 6.14. The molecule has 1 aliphatic heterocycles. The van der Waals surface area contributed by atoms with Gasteiger partial charge in [-0.25, -0.2) is 23.7 Å². The second-order valence-corrected chi connectivity index (χ2v) is 10.2.